The second kappa shape index (κ2) is 4.88. The summed E-state index contributed by atoms with van der Waals surface area (Å²) in [4.78, 5) is 25.8. The summed E-state index contributed by atoms with van der Waals surface area (Å²) >= 11 is 0. The van der Waals surface area contributed by atoms with Crippen molar-refractivity contribution in [2.24, 2.45) is 0 Å². The fourth-order valence-corrected chi connectivity index (χ4v) is 2.55. The summed E-state index contributed by atoms with van der Waals surface area (Å²) in [6.07, 6.45) is 0.834. The molecule has 2 heterocycles. The molecule has 0 amide bonds. The van der Waals surface area contributed by atoms with Crippen molar-refractivity contribution in [1.29, 1.82) is 0 Å². The van der Waals surface area contributed by atoms with Gasteiger partial charge < -0.3 is 4.98 Å². The molecule has 0 atom stereocenters. The average molecular weight is 313 g/mol. The Morgan fingerprint density at radius 1 is 1.24 bits per heavy atom. The number of hydrogen-bond donors (Lipinski definition) is 4. The first kappa shape index (κ1) is 15.0. The van der Waals surface area contributed by atoms with E-state index in [0.29, 0.717) is 0 Å². The number of rotatable bonds is 3. The highest BCUT2D eigenvalue weighted by atomic mass is 32.2. The Morgan fingerprint density at radius 2 is 1.90 bits per heavy atom. The smallest absolute Gasteiger partial charge is 0.313 e. The highest BCUT2D eigenvalue weighted by Gasteiger charge is 2.22. The minimum Gasteiger partial charge on any atom is -0.313 e. The maximum absolute atomic E-state index is 12.1. The van der Waals surface area contributed by atoms with Crippen molar-refractivity contribution in [3.05, 3.63) is 38.8 Å². The lowest BCUT2D eigenvalue weighted by atomic mass is 9.92. The van der Waals surface area contributed by atoms with Crippen LogP contribution in [0.15, 0.2) is 26.7 Å². The molecule has 0 fully saturated rings. The molecule has 0 aliphatic rings. The van der Waals surface area contributed by atoms with Gasteiger partial charge in [-0.15, -0.1) is 0 Å². The molecule has 0 spiro atoms. The van der Waals surface area contributed by atoms with Gasteiger partial charge in [-0.25, -0.2) is 13.2 Å². The summed E-state index contributed by atoms with van der Waals surface area (Å²) < 4.78 is 26.3. The zero-order valence-electron chi connectivity index (χ0n) is 11.6. The Labute approximate surface area is 119 Å². The first-order valence-electron chi connectivity index (χ1n) is 6.00. The number of aromatic nitrogens is 4. The molecule has 10 heteroatoms. The molecule has 0 saturated heterocycles. The molecule has 2 aromatic rings. The maximum Gasteiger partial charge on any atom is 0.325 e. The van der Waals surface area contributed by atoms with Crippen LogP contribution in [0.25, 0.3) is 0 Å². The summed E-state index contributed by atoms with van der Waals surface area (Å²) in [6, 6.07) is 1.54. The molecule has 0 bridgehead atoms. The van der Waals surface area contributed by atoms with E-state index in [1.54, 1.807) is 0 Å². The van der Waals surface area contributed by atoms with Gasteiger partial charge in [0.05, 0.1) is 0 Å². The molecule has 4 N–H and O–H groups in total. The van der Waals surface area contributed by atoms with E-state index in [4.69, 9.17) is 0 Å². The lowest BCUT2D eigenvalue weighted by molar-refractivity contribution is 0.567. The van der Waals surface area contributed by atoms with E-state index in [-0.39, 0.29) is 11.2 Å². The summed E-state index contributed by atoms with van der Waals surface area (Å²) in [7, 11) is -4.14. The zero-order chi connectivity index (χ0) is 15.8. The molecule has 0 saturated carbocycles. The number of anilines is 1. The quantitative estimate of drug-likeness (QED) is 0.625. The van der Waals surface area contributed by atoms with Crippen LogP contribution in [0, 0.1) is 0 Å². The van der Waals surface area contributed by atoms with Gasteiger partial charge in [-0.1, -0.05) is 20.8 Å². The monoisotopic (exact) mass is 313 g/mol. The summed E-state index contributed by atoms with van der Waals surface area (Å²) in [5.41, 5.74) is -1.28. The number of H-pyrrole nitrogens is 3. The fourth-order valence-electron chi connectivity index (χ4n) is 1.55. The lowest BCUT2D eigenvalue weighted by Crippen LogP contribution is -2.29. The molecule has 0 aliphatic heterocycles. The molecule has 2 rings (SSSR count). The lowest BCUT2D eigenvalue weighted by Gasteiger charge is -2.14. The molecule has 0 aliphatic carbocycles. The van der Waals surface area contributed by atoms with E-state index in [2.05, 4.69) is 19.9 Å². The van der Waals surface area contributed by atoms with Gasteiger partial charge in [0.15, 0.2) is 10.7 Å². The van der Waals surface area contributed by atoms with Gasteiger partial charge in [-0.3, -0.25) is 19.6 Å². The van der Waals surface area contributed by atoms with E-state index in [1.165, 1.54) is 6.07 Å². The van der Waals surface area contributed by atoms with Crippen molar-refractivity contribution in [2.75, 3.05) is 4.72 Å². The SMILES string of the molecule is CC(C)(C)c1cc(NS(=O)(=O)c2c[nH]c(=O)[nH]c2=O)n[nH]1. The number of nitrogens with zero attached hydrogens (tertiary/aromatic N) is 1. The Kier molecular flexibility index (Phi) is 3.49. The third-order valence-corrected chi connectivity index (χ3v) is 4.06. The van der Waals surface area contributed by atoms with Crippen LogP contribution in [0.1, 0.15) is 26.5 Å². The Balaban J connectivity index is 2.36. The number of nitrogens with one attached hydrogen (secondary N) is 4. The number of sulfonamides is 1. The second-order valence-corrected chi connectivity index (χ2v) is 7.11. The summed E-state index contributed by atoms with van der Waals surface area (Å²) in [5, 5.41) is 6.56. The standard InChI is InChI=1S/C11H15N5O4S/c1-11(2,3)7-4-8(15-14-7)16-21(19,20)6-5-12-10(18)13-9(6)17/h4-5H,1-3H3,(H2,14,15,16)(H2,12,13,17,18). The van der Waals surface area contributed by atoms with Crippen LogP contribution in [-0.4, -0.2) is 28.6 Å². The van der Waals surface area contributed by atoms with E-state index in [1.807, 2.05) is 25.8 Å². The van der Waals surface area contributed by atoms with Crippen molar-refractivity contribution in [3.63, 3.8) is 0 Å². The molecule has 0 aromatic carbocycles. The third kappa shape index (κ3) is 3.21. The minimum atomic E-state index is -4.14. The van der Waals surface area contributed by atoms with Crippen LogP contribution in [0.5, 0.6) is 0 Å². The summed E-state index contributed by atoms with van der Waals surface area (Å²) in [6.45, 7) is 5.81. The van der Waals surface area contributed by atoms with Gasteiger partial charge in [-0.05, 0) is 0 Å². The maximum atomic E-state index is 12.1. The molecule has 9 nitrogen and oxygen atoms in total. The second-order valence-electron chi connectivity index (χ2n) is 5.46. The van der Waals surface area contributed by atoms with Crippen LogP contribution in [-0.2, 0) is 15.4 Å². The van der Waals surface area contributed by atoms with Gasteiger partial charge in [0, 0.05) is 23.4 Å². The van der Waals surface area contributed by atoms with E-state index >= 15 is 0 Å². The largest absolute Gasteiger partial charge is 0.325 e. The third-order valence-electron chi connectivity index (χ3n) is 2.70. The highest BCUT2D eigenvalue weighted by Crippen LogP contribution is 2.22. The predicted molar refractivity (Wildman–Crippen MR) is 75.8 cm³/mol. The van der Waals surface area contributed by atoms with Gasteiger partial charge >= 0.3 is 5.69 Å². The Hall–Kier alpha value is -2.36. The van der Waals surface area contributed by atoms with Crippen LogP contribution in [0.3, 0.4) is 0 Å². The number of aromatic amines is 3. The molecular weight excluding hydrogens is 298 g/mol. The van der Waals surface area contributed by atoms with E-state index < -0.39 is 26.2 Å². The van der Waals surface area contributed by atoms with Crippen molar-refractivity contribution < 1.29 is 8.42 Å². The van der Waals surface area contributed by atoms with Crippen molar-refractivity contribution in [2.45, 2.75) is 31.1 Å². The van der Waals surface area contributed by atoms with Crippen LogP contribution < -0.4 is 16.0 Å². The van der Waals surface area contributed by atoms with E-state index in [0.717, 1.165) is 11.9 Å². The number of hydrogen-bond acceptors (Lipinski definition) is 5. The van der Waals surface area contributed by atoms with Crippen molar-refractivity contribution >= 4 is 15.8 Å². The molecular formula is C11H15N5O4S. The van der Waals surface area contributed by atoms with Gasteiger partial charge in [0.2, 0.25) is 0 Å². The van der Waals surface area contributed by atoms with Gasteiger partial charge in [-0.2, -0.15) is 5.10 Å². The van der Waals surface area contributed by atoms with Gasteiger partial charge in [0.1, 0.15) is 0 Å². The first-order chi connectivity index (χ1) is 9.59. The molecule has 21 heavy (non-hydrogen) atoms. The Bertz CT molecular complexity index is 869. The Morgan fingerprint density at radius 3 is 2.43 bits per heavy atom. The topological polar surface area (TPSA) is 141 Å². The van der Waals surface area contributed by atoms with Crippen LogP contribution >= 0.6 is 0 Å². The fraction of sp³-hybridized carbons (Fsp3) is 0.364. The van der Waals surface area contributed by atoms with Crippen molar-refractivity contribution in [1.82, 2.24) is 20.2 Å². The average Bonchev–Trinajstić information content (AvgIpc) is 2.75. The van der Waals surface area contributed by atoms with Gasteiger partial charge in [0.25, 0.3) is 15.6 Å². The predicted octanol–water partition coefficient (Wildman–Crippen LogP) is -0.115. The molecule has 0 unspecified atom stereocenters. The first-order valence-corrected chi connectivity index (χ1v) is 7.48. The van der Waals surface area contributed by atoms with Crippen LogP contribution in [0.4, 0.5) is 5.82 Å². The van der Waals surface area contributed by atoms with E-state index in [9.17, 15) is 18.0 Å². The normalized spacial score (nSPS) is 12.3. The molecule has 114 valence electrons. The minimum absolute atomic E-state index is 0.0607. The zero-order valence-corrected chi connectivity index (χ0v) is 12.5. The molecule has 2 aromatic heterocycles. The molecule has 0 radical (unpaired) electrons. The highest BCUT2D eigenvalue weighted by molar-refractivity contribution is 7.92. The van der Waals surface area contributed by atoms with Crippen LogP contribution in [0.2, 0.25) is 0 Å². The van der Waals surface area contributed by atoms with Crippen molar-refractivity contribution in [3.8, 4) is 0 Å². The summed E-state index contributed by atoms with van der Waals surface area (Å²) in [5.74, 6) is 0.0607.